The Bertz CT molecular complexity index is 1080. The lowest BCUT2D eigenvalue weighted by molar-refractivity contribution is 0.580. The third kappa shape index (κ3) is 4.50. The lowest BCUT2D eigenvalue weighted by Gasteiger charge is -2.12. The van der Waals surface area contributed by atoms with E-state index in [1.165, 1.54) is 6.07 Å². The van der Waals surface area contributed by atoms with Crippen LogP contribution in [0.25, 0.3) is 11.3 Å². The highest BCUT2D eigenvalue weighted by atomic mass is 32.2. The third-order valence-corrected chi connectivity index (χ3v) is 5.78. The maximum absolute atomic E-state index is 12.9. The maximum Gasteiger partial charge on any atom is 0.264 e. The molecule has 0 aliphatic heterocycles. The molecule has 0 saturated carbocycles. The predicted octanol–water partition coefficient (Wildman–Crippen LogP) is 2.79. The largest absolute Gasteiger partial charge is 0.268 e. The van der Waals surface area contributed by atoms with Gasteiger partial charge in [0.25, 0.3) is 5.56 Å². The van der Waals surface area contributed by atoms with Crippen molar-refractivity contribution in [3.05, 3.63) is 81.6 Å². The number of H-pyrrole nitrogens is 1. The highest BCUT2D eigenvalue weighted by Crippen LogP contribution is 2.24. The van der Waals surface area contributed by atoms with Gasteiger partial charge in [-0.25, -0.2) is 18.2 Å². The maximum atomic E-state index is 12.9. The molecule has 0 amide bonds. The van der Waals surface area contributed by atoms with Crippen LogP contribution in [0.3, 0.4) is 0 Å². The monoisotopic (exact) mass is 383 g/mol. The minimum atomic E-state index is -3.70. The summed E-state index contributed by atoms with van der Waals surface area (Å²) in [5.74, 6) is 0. The minimum Gasteiger partial charge on any atom is -0.268 e. The van der Waals surface area contributed by atoms with Crippen LogP contribution in [-0.4, -0.2) is 18.6 Å². The summed E-state index contributed by atoms with van der Waals surface area (Å²) in [5, 5.41) is 6.34. The Balaban J connectivity index is 1.92. The molecule has 140 valence electrons. The van der Waals surface area contributed by atoms with E-state index in [1.54, 1.807) is 24.3 Å². The summed E-state index contributed by atoms with van der Waals surface area (Å²) in [5.41, 5.74) is 3.55. The highest BCUT2D eigenvalue weighted by molar-refractivity contribution is 7.89. The molecule has 0 bridgehead atoms. The van der Waals surface area contributed by atoms with Crippen LogP contribution in [0.15, 0.2) is 64.3 Å². The normalized spacial score (nSPS) is 11.5. The molecule has 1 aromatic heterocycles. The van der Waals surface area contributed by atoms with E-state index in [2.05, 4.69) is 14.9 Å². The molecule has 2 aromatic carbocycles. The van der Waals surface area contributed by atoms with Crippen LogP contribution in [0.5, 0.6) is 0 Å². The molecular formula is C20H21N3O3S. The molecule has 6 nitrogen and oxygen atoms in total. The van der Waals surface area contributed by atoms with Crippen molar-refractivity contribution >= 4 is 10.0 Å². The van der Waals surface area contributed by atoms with Crippen LogP contribution in [0, 0.1) is 6.92 Å². The SMILES string of the molecule is CCc1ccc(-c2ccc(=O)[nH]n2)cc1S(=O)(=O)NCc1ccc(C)cc1. The number of nitrogens with one attached hydrogen (secondary N) is 2. The molecule has 27 heavy (non-hydrogen) atoms. The second kappa shape index (κ2) is 7.85. The zero-order valence-electron chi connectivity index (χ0n) is 15.2. The van der Waals surface area contributed by atoms with E-state index in [1.807, 2.05) is 38.1 Å². The lowest BCUT2D eigenvalue weighted by atomic mass is 10.1. The van der Waals surface area contributed by atoms with E-state index in [0.717, 1.165) is 16.7 Å². The summed E-state index contributed by atoms with van der Waals surface area (Å²) >= 11 is 0. The number of aromatic nitrogens is 2. The molecular weight excluding hydrogens is 362 g/mol. The second-order valence-corrected chi connectivity index (χ2v) is 8.03. The number of nitrogens with zero attached hydrogens (tertiary/aromatic N) is 1. The Labute approximate surface area is 158 Å². The summed E-state index contributed by atoms with van der Waals surface area (Å²) in [6, 6.07) is 15.8. The van der Waals surface area contributed by atoms with E-state index in [-0.39, 0.29) is 17.0 Å². The Morgan fingerprint density at radius 1 is 1.04 bits per heavy atom. The van der Waals surface area contributed by atoms with Gasteiger partial charge < -0.3 is 0 Å². The van der Waals surface area contributed by atoms with Crippen LogP contribution in [0.4, 0.5) is 0 Å². The smallest absolute Gasteiger partial charge is 0.264 e. The Kier molecular flexibility index (Phi) is 5.53. The number of sulfonamides is 1. The fourth-order valence-corrected chi connectivity index (χ4v) is 4.08. The summed E-state index contributed by atoms with van der Waals surface area (Å²) in [7, 11) is -3.70. The van der Waals surface area contributed by atoms with Crippen molar-refractivity contribution in [2.45, 2.75) is 31.7 Å². The van der Waals surface area contributed by atoms with E-state index in [9.17, 15) is 13.2 Å². The number of rotatable bonds is 6. The average molecular weight is 383 g/mol. The number of hydrogen-bond acceptors (Lipinski definition) is 4. The molecule has 0 spiro atoms. The van der Waals surface area contributed by atoms with E-state index >= 15 is 0 Å². The van der Waals surface area contributed by atoms with Gasteiger partial charge in [0, 0.05) is 18.2 Å². The van der Waals surface area contributed by atoms with Gasteiger partial charge in [-0.05, 0) is 36.6 Å². The predicted molar refractivity (Wildman–Crippen MR) is 105 cm³/mol. The molecule has 3 aromatic rings. The summed E-state index contributed by atoms with van der Waals surface area (Å²) in [4.78, 5) is 11.4. The van der Waals surface area contributed by atoms with E-state index in [4.69, 9.17) is 0 Å². The zero-order valence-corrected chi connectivity index (χ0v) is 16.0. The van der Waals surface area contributed by atoms with Gasteiger partial charge in [0.05, 0.1) is 10.6 Å². The minimum absolute atomic E-state index is 0.215. The van der Waals surface area contributed by atoms with Crippen molar-refractivity contribution in [3.8, 4) is 11.3 Å². The first-order chi connectivity index (χ1) is 12.9. The van der Waals surface area contributed by atoms with Crippen molar-refractivity contribution in [2.75, 3.05) is 0 Å². The van der Waals surface area contributed by atoms with Gasteiger partial charge in [0.15, 0.2) is 0 Å². The quantitative estimate of drug-likeness (QED) is 0.685. The van der Waals surface area contributed by atoms with Crippen molar-refractivity contribution in [1.29, 1.82) is 0 Å². The van der Waals surface area contributed by atoms with Gasteiger partial charge in [0.2, 0.25) is 10.0 Å². The molecule has 1 heterocycles. The van der Waals surface area contributed by atoms with Gasteiger partial charge in [-0.3, -0.25) is 4.79 Å². The topological polar surface area (TPSA) is 91.9 Å². The van der Waals surface area contributed by atoms with Crippen LogP contribution >= 0.6 is 0 Å². The van der Waals surface area contributed by atoms with Crippen LogP contribution in [0.1, 0.15) is 23.6 Å². The first kappa shape index (κ1) is 19.0. The molecule has 0 atom stereocenters. The van der Waals surface area contributed by atoms with Crippen molar-refractivity contribution in [3.63, 3.8) is 0 Å². The molecule has 2 N–H and O–H groups in total. The van der Waals surface area contributed by atoms with Gasteiger partial charge >= 0.3 is 0 Å². The second-order valence-electron chi connectivity index (χ2n) is 6.29. The first-order valence-electron chi connectivity index (χ1n) is 8.63. The van der Waals surface area contributed by atoms with Gasteiger partial charge in [-0.1, -0.05) is 48.9 Å². The summed E-state index contributed by atoms with van der Waals surface area (Å²) < 4.78 is 28.5. The molecule has 0 aliphatic carbocycles. The van der Waals surface area contributed by atoms with Crippen LogP contribution in [0.2, 0.25) is 0 Å². The molecule has 0 fully saturated rings. The van der Waals surface area contributed by atoms with Crippen molar-refractivity contribution in [1.82, 2.24) is 14.9 Å². The van der Waals surface area contributed by atoms with Gasteiger partial charge in [0.1, 0.15) is 0 Å². The highest BCUT2D eigenvalue weighted by Gasteiger charge is 2.19. The number of benzene rings is 2. The zero-order chi connectivity index (χ0) is 19.4. The third-order valence-electron chi connectivity index (χ3n) is 4.30. The average Bonchev–Trinajstić information content (AvgIpc) is 2.68. The molecule has 0 radical (unpaired) electrons. The Hall–Kier alpha value is -2.77. The lowest BCUT2D eigenvalue weighted by Crippen LogP contribution is -2.24. The number of hydrogen-bond donors (Lipinski definition) is 2. The van der Waals surface area contributed by atoms with Crippen molar-refractivity contribution < 1.29 is 8.42 Å². The molecule has 0 saturated heterocycles. The van der Waals surface area contributed by atoms with Crippen LogP contribution in [-0.2, 0) is 23.0 Å². The molecule has 3 rings (SSSR count). The van der Waals surface area contributed by atoms with E-state index < -0.39 is 10.0 Å². The number of aryl methyl sites for hydroxylation is 2. The van der Waals surface area contributed by atoms with Gasteiger partial charge in [-0.2, -0.15) is 5.10 Å². The number of aromatic amines is 1. The Morgan fingerprint density at radius 2 is 1.78 bits per heavy atom. The summed E-state index contributed by atoms with van der Waals surface area (Å²) in [6.45, 7) is 4.11. The van der Waals surface area contributed by atoms with Crippen LogP contribution < -0.4 is 10.3 Å². The fourth-order valence-electron chi connectivity index (χ4n) is 2.72. The van der Waals surface area contributed by atoms with E-state index in [0.29, 0.717) is 17.7 Å². The fraction of sp³-hybridized carbons (Fsp3) is 0.200. The first-order valence-corrected chi connectivity index (χ1v) is 10.1. The molecule has 7 heteroatoms. The summed E-state index contributed by atoms with van der Waals surface area (Å²) in [6.07, 6.45) is 0.583. The molecule has 0 unspecified atom stereocenters. The van der Waals surface area contributed by atoms with Gasteiger partial charge in [-0.15, -0.1) is 0 Å². The molecule has 0 aliphatic rings. The Morgan fingerprint density at radius 3 is 2.41 bits per heavy atom. The van der Waals surface area contributed by atoms with Crippen molar-refractivity contribution in [2.24, 2.45) is 0 Å². The standard InChI is InChI=1S/C20H21N3O3S/c1-3-16-8-9-17(18-10-11-20(24)23-22-18)12-19(16)27(25,26)21-13-15-6-4-14(2)5-7-15/h4-12,21H,3,13H2,1-2H3,(H,23,24).